The van der Waals surface area contributed by atoms with E-state index in [1.54, 1.807) is 19.1 Å². The fourth-order valence-electron chi connectivity index (χ4n) is 1.50. The summed E-state index contributed by atoms with van der Waals surface area (Å²) < 4.78 is 26.7. The van der Waals surface area contributed by atoms with Crippen LogP contribution in [0.5, 0.6) is 0 Å². The molecular formula is C10H13N5O2S. The van der Waals surface area contributed by atoms with Gasteiger partial charge in [0.15, 0.2) is 0 Å². The standard InChI is InChI=1S/C10H13N5O2S/c1-7(10-12-6-13-14-10)15-18(16,17)9-5-3-2-4-8(9)11/h2-7,15H,11H2,1H3,(H,12,13,14). The summed E-state index contributed by atoms with van der Waals surface area (Å²) in [6, 6.07) is 5.76. The number of benzene rings is 1. The zero-order valence-corrected chi connectivity index (χ0v) is 10.5. The van der Waals surface area contributed by atoms with Crippen molar-refractivity contribution in [1.82, 2.24) is 19.9 Å². The molecule has 96 valence electrons. The molecule has 0 aliphatic rings. The maximum Gasteiger partial charge on any atom is 0.243 e. The van der Waals surface area contributed by atoms with E-state index in [4.69, 9.17) is 5.73 Å². The third-order valence-corrected chi connectivity index (χ3v) is 4.00. The quantitative estimate of drug-likeness (QED) is 0.695. The molecule has 1 heterocycles. The summed E-state index contributed by atoms with van der Waals surface area (Å²) in [5.74, 6) is 0.438. The van der Waals surface area contributed by atoms with Crippen LogP contribution in [0.4, 0.5) is 5.69 Å². The smallest absolute Gasteiger partial charge is 0.243 e. The van der Waals surface area contributed by atoms with Crippen molar-refractivity contribution in [2.75, 3.05) is 5.73 Å². The molecule has 0 radical (unpaired) electrons. The Labute approximate surface area is 104 Å². The molecule has 8 heteroatoms. The number of aromatic nitrogens is 3. The van der Waals surface area contributed by atoms with Crippen molar-refractivity contribution in [1.29, 1.82) is 0 Å². The van der Waals surface area contributed by atoms with Gasteiger partial charge in [0.2, 0.25) is 10.0 Å². The Bertz CT molecular complexity index is 623. The van der Waals surface area contributed by atoms with Gasteiger partial charge in [0.05, 0.1) is 11.7 Å². The van der Waals surface area contributed by atoms with E-state index in [-0.39, 0.29) is 10.6 Å². The third-order valence-electron chi connectivity index (χ3n) is 2.38. The van der Waals surface area contributed by atoms with Crippen LogP contribution in [0.2, 0.25) is 0 Å². The van der Waals surface area contributed by atoms with Crippen LogP contribution in [-0.4, -0.2) is 23.6 Å². The molecule has 1 aromatic carbocycles. The molecule has 1 unspecified atom stereocenters. The van der Waals surface area contributed by atoms with Crippen LogP contribution < -0.4 is 10.5 Å². The van der Waals surface area contributed by atoms with Crippen molar-refractivity contribution >= 4 is 15.7 Å². The first kappa shape index (κ1) is 12.5. The van der Waals surface area contributed by atoms with Crippen molar-refractivity contribution in [3.05, 3.63) is 36.4 Å². The summed E-state index contributed by atoms with van der Waals surface area (Å²) in [7, 11) is -3.68. The van der Waals surface area contributed by atoms with E-state index >= 15 is 0 Å². The summed E-state index contributed by atoms with van der Waals surface area (Å²) in [6.45, 7) is 1.66. The molecular weight excluding hydrogens is 254 g/mol. The predicted octanol–water partition coefficient (Wildman–Crippen LogP) is 0.426. The van der Waals surface area contributed by atoms with Gasteiger partial charge in [-0.15, -0.1) is 0 Å². The molecule has 1 aromatic heterocycles. The molecule has 4 N–H and O–H groups in total. The molecule has 0 saturated carbocycles. The number of hydrogen-bond acceptors (Lipinski definition) is 5. The van der Waals surface area contributed by atoms with Crippen LogP contribution in [0.15, 0.2) is 35.5 Å². The summed E-state index contributed by atoms with van der Waals surface area (Å²) in [4.78, 5) is 3.94. The normalized spacial score (nSPS) is 13.4. The van der Waals surface area contributed by atoms with Gasteiger partial charge in [-0.2, -0.15) is 5.10 Å². The molecule has 7 nitrogen and oxygen atoms in total. The first-order valence-electron chi connectivity index (χ1n) is 5.23. The number of para-hydroxylation sites is 1. The lowest BCUT2D eigenvalue weighted by Crippen LogP contribution is -2.28. The van der Waals surface area contributed by atoms with Crippen molar-refractivity contribution in [3.63, 3.8) is 0 Å². The van der Waals surface area contributed by atoms with Crippen LogP contribution in [0, 0.1) is 0 Å². The highest BCUT2D eigenvalue weighted by molar-refractivity contribution is 7.89. The van der Waals surface area contributed by atoms with Gasteiger partial charge in [0, 0.05) is 0 Å². The van der Waals surface area contributed by atoms with E-state index < -0.39 is 16.1 Å². The highest BCUT2D eigenvalue weighted by Crippen LogP contribution is 2.19. The van der Waals surface area contributed by atoms with Gasteiger partial charge in [-0.1, -0.05) is 12.1 Å². The van der Waals surface area contributed by atoms with E-state index in [9.17, 15) is 8.42 Å². The highest BCUT2D eigenvalue weighted by Gasteiger charge is 2.21. The minimum atomic E-state index is -3.68. The number of aromatic amines is 1. The van der Waals surface area contributed by atoms with Gasteiger partial charge >= 0.3 is 0 Å². The minimum absolute atomic E-state index is 0.0522. The number of nitrogens with zero attached hydrogens (tertiary/aromatic N) is 2. The van der Waals surface area contributed by atoms with Gasteiger partial charge in [0.1, 0.15) is 17.0 Å². The third kappa shape index (κ3) is 2.49. The van der Waals surface area contributed by atoms with Crippen LogP contribution in [0.25, 0.3) is 0 Å². The maximum atomic E-state index is 12.1. The van der Waals surface area contributed by atoms with Crippen molar-refractivity contribution < 1.29 is 8.42 Å². The van der Waals surface area contributed by atoms with Crippen LogP contribution in [0.3, 0.4) is 0 Å². The van der Waals surface area contributed by atoms with E-state index in [0.29, 0.717) is 5.82 Å². The second-order valence-corrected chi connectivity index (χ2v) is 5.43. The first-order valence-corrected chi connectivity index (χ1v) is 6.71. The fraction of sp³-hybridized carbons (Fsp3) is 0.200. The van der Waals surface area contributed by atoms with Crippen molar-refractivity contribution in [2.24, 2.45) is 0 Å². The number of anilines is 1. The van der Waals surface area contributed by atoms with Gasteiger partial charge in [-0.25, -0.2) is 18.1 Å². The molecule has 0 saturated heterocycles. The van der Waals surface area contributed by atoms with E-state index in [2.05, 4.69) is 19.9 Å². The zero-order chi connectivity index (χ0) is 13.2. The number of rotatable bonds is 4. The summed E-state index contributed by atoms with van der Waals surface area (Å²) >= 11 is 0. The van der Waals surface area contributed by atoms with Gasteiger partial charge in [0.25, 0.3) is 0 Å². The Balaban J connectivity index is 2.26. The molecule has 0 spiro atoms. The summed E-state index contributed by atoms with van der Waals surface area (Å²) in [5.41, 5.74) is 5.85. The SMILES string of the molecule is CC(NS(=O)(=O)c1ccccc1N)c1ncn[nH]1. The average Bonchev–Trinajstić information content (AvgIpc) is 2.82. The topological polar surface area (TPSA) is 114 Å². The molecule has 18 heavy (non-hydrogen) atoms. The summed E-state index contributed by atoms with van der Waals surface area (Å²) in [5, 5.41) is 6.27. The lowest BCUT2D eigenvalue weighted by molar-refractivity contribution is 0.560. The van der Waals surface area contributed by atoms with E-state index in [1.165, 1.54) is 18.5 Å². The van der Waals surface area contributed by atoms with Gasteiger partial charge in [-0.05, 0) is 19.1 Å². The molecule has 2 rings (SSSR count). The number of nitrogens with two attached hydrogens (primary N) is 1. The molecule has 2 aromatic rings. The second kappa shape index (κ2) is 4.75. The van der Waals surface area contributed by atoms with Crippen LogP contribution in [0.1, 0.15) is 18.8 Å². The van der Waals surface area contributed by atoms with Crippen LogP contribution in [-0.2, 0) is 10.0 Å². The second-order valence-electron chi connectivity index (χ2n) is 3.75. The molecule has 0 aliphatic heterocycles. The molecule has 0 bridgehead atoms. The Kier molecular flexibility index (Phi) is 3.30. The first-order chi connectivity index (χ1) is 8.50. The number of H-pyrrole nitrogens is 1. The van der Waals surface area contributed by atoms with Gasteiger partial charge < -0.3 is 5.73 Å². The van der Waals surface area contributed by atoms with Crippen LogP contribution >= 0.6 is 0 Å². The van der Waals surface area contributed by atoms with E-state index in [0.717, 1.165) is 0 Å². The van der Waals surface area contributed by atoms with Crippen molar-refractivity contribution in [2.45, 2.75) is 17.9 Å². The highest BCUT2D eigenvalue weighted by atomic mass is 32.2. The molecule has 1 atom stereocenters. The number of nitrogens with one attached hydrogen (secondary N) is 2. The largest absolute Gasteiger partial charge is 0.398 e. The van der Waals surface area contributed by atoms with Gasteiger partial charge in [-0.3, -0.25) is 5.10 Å². The zero-order valence-electron chi connectivity index (χ0n) is 9.66. The summed E-state index contributed by atoms with van der Waals surface area (Å²) in [6.07, 6.45) is 1.32. The molecule has 0 fully saturated rings. The number of nitrogen functional groups attached to an aromatic ring is 1. The molecule has 0 amide bonds. The van der Waals surface area contributed by atoms with E-state index in [1.807, 2.05) is 0 Å². The lowest BCUT2D eigenvalue weighted by atomic mass is 10.3. The predicted molar refractivity (Wildman–Crippen MR) is 66.0 cm³/mol. The minimum Gasteiger partial charge on any atom is -0.398 e. The Hall–Kier alpha value is -1.93. The maximum absolute atomic E-state index is 12.1. The lowest BCUT2D eigenvalue weighted by Gasteiger charge is -2.12. The number of sulfonamides is 1. The Morgan fingerprint density at radius 1 is 1.39 bits per heavy atom. The number of hydrogen-bond donors (Lipinski definition) is 3. The van der Waals surface area contributed by atoms with Crippen molar-refractivity contribution in [3.8, 4) is 0 Å². The average molecular weight is 267 g/mol. The Morgan fingerprint density at radius 3 is 2.72 bits per heavy atom. The molecule has 0 aliphatic carbocycles. The monoisotopic (exact) mass is 267 g/mol. The Morgan fingerprint density at radius 2 is 2.11 bits per heavy atom. The fourth-order valence-corrected chi connectivity index (χ4v) is 2.84.